The van der Waals surface area contributed by atoms with Crippen LogP contribution in [0.1, 0.15) is 19.3 Å². The maximum absolute atomic E-state index is 13.0. The molecule has 1 atom stereocenters. The van der Waals surface area contributed by atoms with Gasteiger partial charge in [0.05, 0.1) is 18.5 Å². The van der Waals surface area contributed by atoms with Crippen LogP contribution in [0, 0.1) is 0 Å². The number of nitrogens with zero attached hydrogens (tertiary/aromatic N) is 4. The number of carbonyl (C=O) groups excluding carboxylic acids is 1. The van der Waals surface area contributed by atoms with Gasteiger partial charge in [0, 0.05) is 32.8 Å². The predicted molar refractivity (Wildman–Crippen MR) is 94.3 cm³/mol. The second kappa shape index (κ2) is 6.43. The molecule has 1 spiro atoms. The Morgan fingerprint density at radius 3 is 2.81 bits per heavy atom. The highest BCUT2D eigenvalue weighted by molar-refractivity contribution is 7.89. The van der Waals surface area contributed by atoms with Crippen molar-refractivity contribution in [1.29, 1.82) is 0 Å². The summed E-state index contributed by atoms with van der Waals surface area (Å²) in [6.07, 6.45) is 3.37. The molecule has 2 aliphatic heterocycles. The van der Waals surface area contributed by atoms with Gasteiger partial charge in [0.15, 0.2) is 5.65 Å². The molecule has 27 heavy (non-hydrogen) atoms. The van der Waals surface area contributed by atoms with E-state index in [9.17, 15) is 13.2 Å². The number of ether oxygens (including phenoxy) is 2. The summed E-state index contributed by atoms with van der Waals surface area (Å²) in [7, 11) is -1.86. The Bertz CT molecular complexity index is 980. The lowest BCUT2D eigenvalue weighted by atomic mass is 9.89. The summed E-state index contributed by atoms with van der Waals surface area (Å²) >= 11 is 0. The van der Waals surface area contributed by atoms with Gasteiger partial charge in [-0.25, -0.2) is 23.2 Å². The molecule has 0 radical (unpaired) electrons. The molecular formula is C16H21N5O5S. The molecule has 0 aromatic carbocycles. The number of carbonyl (C=O) groups is 1. The number of imidazole rings is 1. The van der Waals surface area contributed by atoms with E-state index in [1.807, 2.05) is 0 Å². The van der Waals surface area contributed by atoms with Crippen LogP contribution in [0.4, 0.5) is 4.79 Å². The Morgan fingerprint density at radius 2 is 2.11 bits per heavy atom. The van der Waals surface area contributed by atoms with Gasteiger partial charge in [0.25, 0.3) is 0 Å². The largest absolute Gasteiger partial charge is 0.444 e. The summed E-state index contributed by atoms with van der Waals surface area (Å²) in [6, 6.07) is 1.55. The molecule has 0 aliphatic carbocycles. The molecule has 10 nitrogen and oxygen atoms in total. The van der Waals surface area contributed by atoms with E-state index in [0.717, 1.165) is 0 Å². The molecule has 2 aromatic heterocycles. The van der Waals surface area contributed by atoms with Crippen molar-refractivity contribution in [3.05, 3.63) is 18.6 Å². The zero-order chi connectivity index (χ0) is 19.2. The van der Waals surface area contributed by atoms with E-state index in [4.69, 9.17) is 15.2 Å². The van der Waals surface area contributed by atoms with Crippen molar-refractivity contribution in [3.63, 3.8) is 0 Å². The quantitative estimate of drug-likeness (QED) is 0.795. The van der Waals surface area contributed by atoms with E-state index in [-0.39, 0.29) is 17.6 Å². The topological polar surface area (TPSA) is 130 Å². The molecule has 2 N–H and O–H groups in total. The number of fused-ring (bicyclic) bond motifs is 1. The van der Waals surface area contributed by atoms with E-state index in [1.165, 1.54) is 10.5 Å². The van der Waals surface area contributed by atoms with Crippen LogP contribution in [0.15, 0.2) is 23.5 Å². The predicted octanol–water partition coefficient (Wildman–Crippen LogP) is 0.376. The Morgan fingerprint density at radius 1 is 1.37 bits per heavy atom. The Labute approximate surface area is 156 Å². The summed E-state index contributed by atoms with van der Waals surface area (Å²) < 4.78 is 40.0. The van der Waals surface area contributed by atoms with Crippen LogP contribution >= 0.6 is 0 Å². The van der Waals surface area contributed by atoms with Gasteiger partial charge >= 0.3 is 6.09 Å². The van der Waals surface area contributed by atoms with Crippen LogP contribution in [-0.2, 0) is 26.5 Å². The van der Waals surface area contributed by atoms with E-state index in [2.05, 4.69) is 9.97 Å². The standard InChI is InChI=1S/C16H21N5O5S/c1-20-10-19-13-6-12(8-18-14(13)20)27(23,24)21-4-2-16(3-5-21)7-11(9-25-16)26-15(17)22/h6,8,10-11H,2-5,7,9H2,1H3,(H2,17,22)/t11-/m1/s1. The molecule has 11 heteroatoms. The Balaban J connectivity index is 1.47. The summed E-state index contributed by atoms with van der Waals surface area (Å²) in [6.45, 7) is 0.938. The zero-order valence-corrected chi connectivity index (χ0v) is 15.7. The molecule has 2 saturated heterocycles. The second-order valence-corrected chi connectivity index (χ2v) is 8.97. The minimum Gasteiger partial charge on any atom is -0.444 e. The Hall–Kier alpha value is -2.24. The van der Waals surface area contributed by atoms with Crippen LogP contribution in [-0.4, -0.2) is 64.8 Å². The maximum Gasteiger partial charge on any atom is 0.404 e. The van der Waals surface area contributed by atoms with Crippen molar-refractivity contribution in [3.8, 4) is 0 Å². The molecule has 4 rings (SSSR count). The number of hydrogen-bond donors (Lipinski definition) is 1. The third kappa shape index (κ3) is 3.26. The highest BCUT2D eigenvalue weighted by Gasteiger charge is 2.46. The number of primary amides is 1. The van der Waals surface area contributed by atoms with Gasteiger partial charge in [0.2, 0.25) is 10.0 Å². The van der Waals surface area contributed by atoms with Gasteiger partial charge in [0.1, 0.15) is 16.5 Å². The highest BCUT2D eigenvalue weighted by Crippen LogP contribution is 2.38. The summed E-state index contributed by atoms with van der Waals surface area (Å²) in [5, 5.41) is 0. The van der Waals surface area contributed by atoms with Gasteiger partial charge < -0.3 is 19.8 Å². The average Bonchev–Trinajstić information content (AvgIpc) is 3.18. The lowest BCUT2D eigenvalue weighted by Gasteiger charge is -2.37. The van der Waals surface area contributed by atoms with Gasteiger partial charge in [-0.1, -0.05) is 0 Å². The van der Waals surface area contributed by atoms with Gasteiger partial charge in [-0.3, -0.25) is 0 Å². The summed E-state index contributed by atoms with van der Waals surface area (Å²) in [5.74, 6) is 0. The van der Waals surface area contributed by atoms with Crippen molar-refractivity contribution in [1.82, 2.24) is 18.8 Å². The number of rotatable bonds is 3. The zero-order valence-electron chi connectivity index (χ0n) is 14.9. The maximum atomic E-state index is 13.0. The lowest BCUT2D eigenvalue weighted by molar-refractivity contribution is -0.0324. The van der Waals surface area contributed by atoms with Crippen LogP contribution in [0.25, 0.3) is 11.2 Å². The number of amides is 1. The monoisotopic (exact) mass is 395 g/mol. The van der Waals surface area contributed by atoms with Crippen LogP contribution in [0.2, 0.25) is 0 Å². The lowest BCUT2D eigenvalue weighted by Crippen LogP contribution is -2.46. The number of nitrogens with two attached hydrogens (primary N) is 1. The first-order valence-electron chi connectivity index (χ1n) is 8.66. The minimum atomic E-state index is -3.66. The molecule has 2 aliphatic rings. The van der Waals surface area contributed by atoms with Crippen molar-refractivity contribution >= 4 is 27.3 Å². The third-order valence-electron chi connectivity index (χ3n) is 5.26. The van der Waals surface area contributed by atoms with Gasteiger partial charge in [-0.05, 0) is 18.9 Å². The van der Waals surface area contributed by atoms with Crippen LogP contribution in [0.3, 0.4) is 0 Å². The van der Waals surface area contributed by atoms with Crippen molar-refractivity contribution < 1.29 is 22.7 Å². The van der Waals surface area contributed by atoms with E-state index < -0.39 is 21.7 Å². The van der Waals surface area contributed by atoms with E-state index in [1.54, 1.807) is 24.0 Å². The molecule has 4 heterocycles. The van der Waals surface area contributed by atoms with Crippen molar-refractivity contribution in [2.45, 2.75) is 35.9 Å². The molecule has 2 fully saturated rings. The Kier molecular flexibility index (Phi) is 4.32. The third-order valence-corrected chi connectivity index (χ3v) is 7.12. The number of hydrogen-bond acceptors (Lipinski definition) is 7. The average molecular weight is 395 g/mol. The highest BCUT2D eigenvalue weighted by atomic mass is 32.2. The first kappa shape index (κ1) is 18.1. The van der Waals surface area contributed by atoms with E-state index >= 15 is 0 Å². The SMILES string of the molecule is Cn1cnc2cc(S(=O)(=O)N3CCC4(CC3)C[C@@H](OC(N)=O)CO4)cnc21. The molecular weight excluding hydrogens is 374 g/mol. The van der Waals surface area contributed by atoms with Gasteiger partial charge in [-0.2, -0.15) is 4.31 Å². The summed E-state index contributed by atoms with van der Waals surface area (Å²) in [5.41, 5.74) is 5.77. The fraction of sp³-hybridized carbons (Fsp3) is 0.562. The molecule has 2 aromatic rings. The fourth-order valence-corrected chi connectivity index (χ4v) is 5.22. The number of pyridine rings is 1. The number of aryl methyl sites for hydroxylation is 1. The van der Waals surface area contributed by atoms with E-state index in [0.29, 0.717) is 43.5 Å². The van der Waals surface area contributed by atoms with Crippen LogP contribution in [0.5, 0.6) is 0 Å². The number of sulfonamides is 1. The van der Waals surface area contributed by atoms with Crippen molar-refractivity contribution in [2.75, 3.05) is 19.7 Å². The molecule has 0 saturated carbocycles. The van der Waals surface area contributed by atoms with Crippen LogP contribution < -0.4 is 5.73 Å². The number of aromatic nitrogens is 3. The molecule has 0 bridgehead atoms. The summed E-state index contributed by atoms with van der Waals surface area (Å²) in [4.78, 5) is 19.4. The normalized spacial score (nSPS) is 23.1. The first-order chi connectivity index (χ1) is 12.8. The first-order valence-corrected chi connectivity index (χ1v) is 10.1. The number of piperidine rings is 1. The molecule has 0 unspecified atom stereocenters. The fourth-order valence-electron chi connectivity index (χ4n) is 3.81. The van der Waals surface area contributed by atoms with Gasteiger partial charge in [-0.15, -0.1) is 0 Å². The molecule has 146 valence electrons. The smallest absolute Gasteiger partial charge is 0.404 e. The minimum absolute atomic E-state index is 0.131. The second-order valence-electron chi connectivity index (χ2n) is 7.03. The van der Waals surface area contributed by atoms with Crippen molar-refractivity contribution in [2.24, 2.45) is 12.8 Å². The molecule has 1 amide bonds.